The maximum atomic E-state index is 9.25. The molecule has 17 heteroatoms. The number of nitrogens with zero attached hydrogens (tertiary/aromatic N) is 6. The molecule has 0 aliphatic carbocycles. The molecular weight excluding hydrogens is 772 g/mol. The second-order valence-electron chi connectivity index (χ2n) is 11.6. The van der Waals surface area contributed by atoms with E-state index in [9.17, 15) is 10.8 Å². The van der Waals surface area contributed by atoms with Crippen molar-refractivity contribution in [2.45, 2.75) is 79.8 Å². The standard InChI is InChI=1S/2C16H24N3O3.4ClH.Zn/c2*1-11(2)21-15-10-14(19-5-7-20-8-6-19)16(22-12(3)4)9-13(15)18-17;;;;;/h2*9-12H,5-8H2,1-4H3;4*1H;/q2*+1;;;;;+2/p-4. The third-order valence-corrected chi connectivity index (χ3v) is 6.45. The van der Waals surface area contributed by atoms with E-state index in [-0.39, 0.29) is 93.5 Å². The first kappa shape index (κ1) is 51.2. The summed E-state index contributed by atoms with van der Waals surface area (Å²) in [5, 5.41) is 18.5. The zero-order valence-electron chi connectivity index (χ0n) is 29.6. The summed E-state index contributed by atoms with van der Waals surface area (Å²) in [6, 6.07) is 7.22. The van der Waals surface area contributed by atoms with Crippen LogP contribution in [0.4, 0.5) is 22.7 Å². The largest absolute Gasteiger partial charge is 2.00 e. The minimum atomic E-state index is -0.00472. The summed E-state index contributed by atoms with van der Waals surface area (Å²) in [6.45, 7) is 21.6. The van der Waals surface area contributed by atoms with Gasteiger partial charge in [0.25, 0.3) is 0 Å². The summed E-state index contributed by atoms with van der Waals surface area (Å²) in [5.74, 6) is 2.49. The van der Waals surface area contributed by atoms with Crippen LogP contribution in [0, 0.1) is 10.8 Å². The van der Waals surface area contributed by atoms with Crippen LogP contribution >= 0.6 is 0 Å². The summed E-state index contributed by atoms with van der Waals surface area (Å²) in [5.41, 5.74) is 2.64. The van der Waals surface area contributed by atoms with E-state index in [4.69, 9.17) is 28.4 Å². The maximum Gasteiger partial charge on any atom is 2.00 e. The molecular formula is C32H48Cl4N6O6Zn. The van der Waals surface area contributed by atoms with E-state index in [0.29, 0.717) is 60.8 Å². The fraction of sp³-hybridized carbons (Fsp3) is 0.625. The van der Waals surface area contributed by atoms with Crippen molar-refractivity contribution in [3.05, 3.63) is 34.2 Å². The van der Waals surface area contributed by atoms with E-state index in [1.54, 1.807) is 12.1 Å². The second kappa shape index (κ2) is 25.7. The first-order valence-corrected chi connectivity index (χ1v) is 15.4. The van der Waals surface area contributed by atoms with Gasteiger partial charge in [0, 0.05) is 38.3 Å². The van der Waals surface area contributed by atoms with Crippen LogP contribution in [0.3, 0.4) is 0 Å². The summed E-state index contributed by atoms with van der Waals surface area (Å²) in [6.07, 6.45) is 0.0520. The number of rotatable bonds is 10. The van der Waals surface area contributed by atoms with Gasteiger partial charge >= 0.3 is 30.9 Å². The molecule has 272 valence electrons. The SMILES string of the molecule is CC(C)Oc1cc(N2CCOCC2)c(OC(C)C)cc1[N+]#N.CC(C)Oc1cc(N2CCOCC2)c(OC(C)C)cc1[N+]#N.[Cl-].[Cl-].[Cl-].[Cl-].[Zn+2]. The van der Waals surface area contributed by atoms with Crippen molar-refractivity contribution >= 4 is 22.7 Å². The van der Waals surface area contributed by atoms with Crippen LogP contribution in [-0.4, -0.2) is 77.0 Å². The molecule has 0 aromatic heterocycles. The Kier molecular flexibility index (Phi) is 26.8. The van der Waals surface area contributed by atoms with Gasteiger partial charge in [-0.3, -0.25) is 0 Å². The Balaban J connectivity index is -0.000000784. The molecule has 0 unspecified atom stereocenters. The Bertz CT molecular complexity index is 1220. The van der Waals surface area contributed by atoms with Crippen molar-refractivity contribution in [2.75, 3.05) is 62.4 Å². The van der Waals surface area contributed by atoms with Crippen molar-refractivity contribution < 1.29 is 97.5 Å². The van der Waals surface area contributed by atoms with Gasteiger partial charge in [0.1, 0.15) is 0 Å². The molecule has 0 radical (unpaired) electrons. The van der Waals surface area contributed by atoms with Gasteiger partial charge in [0.15, 0.2) is 21.5 Å². The molecule has 2 aliphatic rings. The van der Waals surface area contributed by atoms with Crippen LogP contribution in [0.2, 0.25) is 0 Å². The van der Waals surface area contributed by atoms with Gasteiger partial charge in [0.05, 0.1) is 74.4 Å². The molecule has 0 atom stereocenters. The topological polar surface area (TPSA) is 118 Å². The van der Waals surface area contributed by atoms with E-state index in [0.717, 1.165) is 37.6 Å². The smallest absolute Gasteiger partial charge is 1.00 e. The number of morpholine rings is 2. The average molecular weight is 820 g/mol. The minimum Gasteiger partial charge on any atom is -1.00 e. The number of anilines is 2. The molecule has 2 aromatic rings. The molecule has 2 saturated heterocycles. The van der Waals surface area contributed by atoms with Gasteiger partial charge in [-0.1, -0.05) is 0 Å². The molecule has 0 spiro atoms. The van der Waals surface area contributed by atoms with Crippen molar-refractivity contribution in [2.24, 2.45) is 0 Å². The molecule has 2 aliphatic heterocycles. The molecule has 0 bridgehead atoms. The number of benzene rings is 2. The maximum absolute atomic E-state index is 9.25. The zero-order chi connectivity index (χ0) is 32.2. The number of hydrogen-bond donors (Lipinski definition) is 0. The summed E-state index contributed by atoms with van der Waals surface area (Å²) < 4.78 is 34.1. The van der Waals surface area contributed by atoms with Crippen molar-refractivity contribution in [1.29, 1.82) is 10.8 Å². The Morgan fingerprint density at radius 2 is 0.776 bits per heavy atom. The Hall–Kier alpha value is -2.22. The number of halogens is 4. The van der Waals surface area contributed by atoms with Crippen molar-refractivity contribution in [3.63, 3.8) is 0 Å². The fourth-order valence-electron chi connectivity index (χ4n) is 4.73. The van der Waals surface area contributed by atoms with Crippen LogP contribution in [0.1, 0.15) is 55.4 Å². The molecule has 49 heavy (non-hydrogen) atoms. The number of hydrogen-bond acceptors (Lipinski definition) is 10. The summed E-state index contributed by atoms with van der Waals surface area (Å²) >= 11 is 0. The van der Waals surface area contributed by atoms with E-state index in [1.165, 1.54) is 0 Å². The molecule has 2 aromatic carbocycles. The normalized spacial score (nSPS) is 13.5. The average Bonchev–Trinajstić information content (AvgIpc) is 2.98. The number of diazo groups is 2. The van der Waals surface area contributed by atoms with Crippen molar-refractivity contribution in [3.8, 4) is 23.0 Å². The third kappa shape index (κ3) is 16.1. The molecule has 0 saturated carbocycles. The number of ether oxygens (including phenoxy) is 6. The first-order chi connectivity index (χ1) is 21.0. The fourth-order valence-corrected chi connectivity index (χ4v) is 4.73. The summed E-state index contributed by atoms with van der Waals surface area (Å²) in [7, 11) is 0. The molecule has 2 heterocycles. The molecule has 12 nitrogen and oxygen atoms in total. The molecule has 4 rings (SSSR count). The van der Waals surface area contributed by atoms with E-state index >= 15 is 0 Å². The first-order valence-electron chi connectivity index (χ1n) is 15.4. The quantitative estimate of drug-likeness (QED) is 0.171. The Morgan fingerprint density at radius 1 is 0.510 bits per heavy atom. The van der Waals surface area contributed by atoms with Crippen LogP contribution in [0.5, 0.6) is 23.0 Å². The van der Waals surface area contributed by atoms with Crippen LogP contribution in [0.25, 0.3) is 9.95 Å². The molecule has 0 N–H and O–H groups in total. The van der Waals surface area contributed by atoms with Crippen LogP contribution in [0.15, 0.2) is 24.3 Å². The second-order valence-corrected chi connectivity index (χ2v) is 11.6. The summed E-state index contributed by atoms with van der Waals surface area (Å²) in [4.78, 5) is 11.1. The van der Waals surface area contributed by atoms with Crippen molar-refractivity contribution in [1.82, 2.24) is 0 Å². The van der Waals surface area contributed by atoms with Gasteiger partial charge in [-0.25, -0.2) is 0 Å². The predicted octanol–water partition coefficient (Wildman–Crippen LogP) is -4.82. The van der Waals surface area contributed by atoms with Crippen LogP contribution < -0.4 is 78.4 Å². The Morgan fingerprint density at radius 3 is 1.02 bits per heavy atom. The van der Waals surface area contributed by atoms with Gasteiger partial charge in [-0.15, -0.1) is 0 Å². The monoisotopic (exact) mass is 816 g/mol. The zero-order valence-corrected chi connectivity index (χ0v) is 35.6. The van der Waals surface area contributed by atoms with Gasteiger partial charge in [-0.05, 0) is 55.4 Å². The predicted molar refractivity (Wildman–Crippen MR) is 171 cm³/mol. The third-order valence-electron chi connectivity index (χ3n) is 6.45. The van der Waals surface area contributed by atoms with E-state index in [1.807, 2.05) is 67.5 Å². The van der Waals surface area contributed by atoms with Gasteiger partial charge in [0.2, 0.25) is 22.3 Å². The molecule has 2 fully saturated rings. The van der Waals surface area contributed by atoms with Gasteiger partial charge < -0.3 is 87.8 Å². The Labute approximate surface area is 328 Å². The van der Waals surface area contributed by atoms with E-state index < -0.39 is 0 Å². The van der Waals surface area contributed by atoms with Gasteiger partial charge in [-0.2, -0.15) is 0 Å². The minimum absolute atomic E-state index is 0. The van der Waals surface area contributed by atoms with E-state index in [2.05, 4.69) is 19.8 Å². The van der Waals surface area contributed by atoms with Crippen LogP contribution in [-0.2, 0) is 29.0 Å². The molecule has 0 amide bonds.